The molecule has 0 radical (unpaired) electrons. The molecular weight excluding hydrogens is 509 g/mol. The number of nitrogens with zero attached hydrogens (tertiary/aromatic N) is 6. The summed E-state index contributed by atoms with van der Waals surface area (Å²) >= 11 is 1.50. The van der Waals surface area contributed by atoms with Crippen molar-refractivity contribution in [2.24, 2.45) is 0 Å². The molecule has 1 aliphatic rings. The van der Waals surface area contributed by atoms with E-state index in [2.05, 4.69) is 25.7 Å². The van der Waals surface area contributed by atoms with E-state index in [0.29, 0.717) is 24.3 Å². The van der Waals surface area contributed by atoms with Crippen molar-refractivity contribution in [1.82, 2.24) is 35.4 Å². The summed E-state index contributed by atoms with van der Waals surface area (Å²) in [7, 11) is 0. The molecule has 0 aliphatic carbocycles. The van der Waals surface area contributed by atoms with Gasteiger partial charge in [0.25, 0.3) is 0 Å². The van der Waals surface area contributed by atoms with Gasteiger partial charge in [-0.1, -0.05) is 6.07 Å². The Balaban J connectivity index is 1.40. The molecule has 1 fully saturated rings. The van der Waals surface area contributed by atoms with Crippen LogP contribution in [0.25, 0.3) is 11.4 Å². The van der Waals surface area contributed by atoms with Crippen LogP contribution in [0.4, 0.5) is 4.39 Å². The molecular formula is C26H26FN7O3S. The van der Waals surface area contributed by atoms with E-state index in [0.717, 1.165) is 17.7 Å². The van der Waals surface area contributed by atoms with Gasteiger partial charge in [0.1, 0.15) is 18.4 Å². The molecule has 2 atom stereocenters. The van der Waals surface area contributed by atoms with Crippen molar-refractivity contribution in [2.75, 3.05) is 13.2 Å². The minimum absolute atomic E-state index is 0.0391. The third kappa shape index (κ3) is 6.26. The topological polar surface area (TPSA) is 115 Å². The fraction of sp³-hybridized carbons (Fsp3) is 0.308. The Morgan fingerprint density at radius 1 is 1.18 bits per heavy atom. The molecule has 12 heteroatoms. The third-order valence-electron chi connectivity index (χ3n) is 6.17. The van der Waals surface area contributed by atoms with E-state index >= 15 is 0 Å². The molecule has 10 nitrogen and oxygen atoms in total. The van der Waals surface area contributed by atoms with Crippen LogP contribution < -0.4 is 5.32 Å². The first-order valence-corrected chi connectivity index (χ1v) is 13.1. The molecule has 38 heavy (non-hydrogen) atoms. The molecule has 1 aromatic carbocycles. The third-order valence-corrected chi connectivity index (χ3v) is 7.03. The Bertz CT molecular complexity index is 1340. The molecule has 4 heterocycles. The van der Waals surface area contributed by atoms with Crippen LogP contribution in [0.1, 0.15) is 29.3 Å². The minimum Gasteiger partial charge on any atom is -0.376 e. The number of tetrazole rings is 1. The lowest BCUT2D eigenvalue weighted by atomic mass is 10.0. The Hall–Kier alpha value is -4.03. The summed E-state index contributed by atoms with van der Waals surface area (Å²) in [6, 6.07) is 12.1. The monoisotopic (exact) mass is 535 g/mol. The van der Waals surface area contributed by atoms with Crippen molar-refractivity contribution in [3.63, 3.8) is 0 Å². The fourth-order valence-corrected chi connectivity index (χ4v) is 4.97. The van der Waals surface area contributed by atoms with E-state index in [4.69, 9.17) is 4.74 Å². The quantitative estimate of drug-likeness (QED) is 0.332. The lowest BCUT2D eigenvalue weighted by Gasteiger charge is -2.31. The molecule has 1 aliphatic heterocycles. The fourth-order valence-electron chi connectivity index (χ4n) is 4.27. The van der Waals surface area contributed by atoms with Crippen LogP contribution >= 0.6 is 11.3 Å². The zero-order chi connectivity index (χ0) is 26.3. The van der Waals surface area contributed by atoms with Crippen molar-refractivity contribution in [2.45, 2.75) is 38.1 Å². The van der Waals surface area contributed by atoms with E-state index in [1.165, 1.54) is 33.2 Å². The number of carbonyl (C=O) groups is 2. The van der Waals surface area contributed by atoms with Gasteiger partial charge in [-0.05, 0) is 71.5 Å². The number of carbonyl (C=O) groups excluding carboxylic acids is 2. The first kappa shape index (κ1) is 25.6. The highest BCUT2D eigenvalue weighted by Gasteiger charge is 2.33. The van der Waals surface area contributed by atoms with Gasteiger partial charge in [0, 0.05) is 36.0 Å². The van der Waals surface area contributed by atoms with E-state index < -0.39 is 6.04 Å². The molecule has 196 valence electrons. The second-order valence-electron chi connectivity index (χ2n) is 8.81. The number of benzene rings is 1. The Morgan fingerprint density at radius 2 is 2.00 bits per heavy atom. The SMILES string of the molecule is O=C(NC[C@H]1CCCO1)[C@@H](c1ccncc1)N(Cc1cccs1)C(=O)Cn1nnc(-c2ccc(F)cc2)n1. The molecule has 1 saturated heterocycles. The molecule has 5 rings (SSSR count). The van der Waals surface area contributed by atoms with Crippen molar-refractivity contribution in [3.8, 4) is 11.4 Å². The van der Waals surface area contributed by atoms with Crippen LogP contribution in [0.15, 0.2) is 66.3 Å². The average molecular weight is 536 g/mol. The van der Waals surface area contributed by atoms with Gasteiger partial charge in [-0.25, -0.2) is 4.39 Å². The van der Waals surface area contributed by atoms with Crippen LogP contribution in [0.5, 0.6) is 0 Å². The number of rotatable bonds is 10. The number of aromatic nitrogens is 5. The number of amides is 2. The Labute approximate surface area is 222 Å². The zero-order valence-corrected chi connectivity index (χ0v) is 21.3. The molecule has 4 aromatic rings. The first-order chi connectivity index (χ1) is 18.6. The predicted molar refractivity (Wildman–Crippen MR) is 137 cm³/mol. The molecule has 0 unspecified atom stereocenters. The summed E-state index contributed by atoms with van der Waals surface area (Å²) in [5.74, 6) is -0.784. The summed E-state index contributed by atoms with van der Waals surface area (Å²) in [6.45, 7) is 1.03. The minimum atomic E-state index is -0.908. The number of ether oxygens (including phenoxy) is 1. The number of thiophene rings is 1. The summed E-state index contributed by atoms with van der Waals surface area (Å²) in [6.07, 6.45) is 4.99. The lowest BCUT2D eigenvalue weighted by molar-refractivity contribution is -0.142. The molecule has 0 spiro atoms. The smallest absolute Gasteiger partial charge is 0.247 e. The highest BCUT2D eigenvalue weighted by Crippen LogP contribution is 2.26. The van der Waals surface area contributed by atoms with Crippen LogP contribution in [-0.4, -0.2) is 61.2 Å². The number of hydrogen-bond acceptors (Lipinski definition) is 8. The second-order valence-corrected chi connectivity index (χ2v) is 9.85. The number of pyridine rings is 1. The van der Waals surface area contributed by atoms with Crippen molar-refractivity contribution >= 4 is 23.2 Å². The van der Waals surface area contributed by atoms with Gasteiger partial charge in [-0.3, -0.25) is 14.6 Å². The molecule has 3 aromatic heterocycles. The van der Waals surface area contributed by atoms with Gasteiger partial charge in [0.15, 0.2) is 0 Å². The van der Waals surface area contributed by atoms with Gasteiger partial charge in [0.05, 0.1) is 12.6 Å². The standard InChI is InChI=1S/C26H26FN7O3S/c27-20-7-5-19(6-8-20)25-30-32-34(31-25)17-23(35)33(16-22-4-2-14-38-22)24(18-9-11-28-12-10-18)26(36)29-15-21-3-1-13-37-21/h2,4-12,14,21,24H,1,3,13,15-17H2,(H,29,36)/t21-,24-/m1/s1. The largest absolute Gasteiger partial charge is 0.376 e. The van der Waals surface area contributed by atoms with Gasteiger partial charge in [-0.2, -0.15) is 4.80 Å². The highest BCUT2D eigenvalue weighted by atomic mass is 32.1. The lowest BCUT2D eigenvalue weighted by Crippen LogP contribution is -2.46. The summed E-state index contributed by atoms with van der Waals surface area (Å²) in [4.78, 5) is 35.0. The van der Waals surface area contributed by atoms with Crippen molar-refractivity contribution < 1.29 is 18.7 Å². The summed E-state index contributed by atoms with van der Waals surface area (Å²) in [5.41, 5.74) is 1.21. The van der Waals surface area contributed by atoms with Crippen molar-refractivity contribution in [3.05, 3.63) is 82.6 Å². The summed E-state index contributed by atoms with van der Waals surface area (Å²) < 4.78 is 18.9. The van der Waals surface area contributed by atoms with Gasteiger partial charge in [-0.15, -0.1) is 21.5 Å². The highest BCUT2D eigenvalue weighted by molar-refractivity contribution is 7.09. The maximum Gasteiger partial charge on any atom is 0.247 e. The second kappa shape index (κ2) is 12.0. The normalized spacial score (nSPS) is 15.8. The Morgan fingerprint density at radius 3 is 2.71 bits per heavy atom. The maximum absolute atomic E-state index is 13.7. The van der Waals surface area contributed by atoms with E-state index in [1.807, 2.05) is 17.5 Å². The maximum atomic E-state index is 13.7. The number of halogens is 1. The Kier molecular flexibility index (Phi) is 8.09. The van der Waals surface area contributed by atoms with E-state index in [-0.39, 0.29) is 42.6 Å². The summed E-state index contributed by atoms with van der Waals surface area (Å²) in [5, 5.41) is 17.2. The number of nitrogens with one attached hydrogen (secondary N) is 1. The molecule has 0 bridgehead atoms. The van der Waals surface area contributed by atoms with Crippen LogP contribution in [0.2, 0.25) is 0 Å². The van der Waals surface area contributed by atoms with Crippen LogP contribution in [0.3, 0.4) is 0 Å². The average Bonchev–Trinajstić information content (AvgIpc) is 3.72. The van der Waals surface area contributed by atoms with Gasteiger partial charge < -0.3 is 15.0 Å². The predicted octanol–water partition coefficient (Wildman–Crippen LogP) is 3.00. The van der Waals surface area contributed by atoms with Crippen LogP contribution in [0, 0.1) is 5.82 Å². The zero-order valence-electron chi connectivity index (χ0n) is 20.4. The van der Waals surface area contributed by atoms with Crippen LogP contribution in [-0.2, 0) is 27.4 Å². The van der Waals surface area contributed by atoms with E-state index in [9.17, 15) is 14.0 Å². The molecule has 2 amide bonds. The first-order valence-electron chi connectivity index (χ1n) is 12.2. The number of hydrogen-bond donors (Lipinski definition) is 1. The molecule has 1 N–H and O–H groups in total. The van der Waals surface area contributed by atoms with Crippen molar-refractivity contribution in [1.29, 1.82) is 0 Å². The van der Waals surface area contributed by atoms with Gasteiger partial charge in [0.2, 0.25) is 17.6 Å². The molecule has 0 saturated carbocycles. The van der Waals surface area contributed by atoms with E-state index in [1.54, 1.807) is 36.7 Å². The van der Waals surface area contributed by atoms with Gasteiger partial charge >= 0.3 is 0 Å².